The van der Waals surface area contributed by atoms with Gasteiger partial charge in [0.25, 0.3) is 0 Å². The Kier molecular flexibility index (Phi) is 3.06. The van der Waals surface area contributed by atoms with Crippen LogP contribution in [0.3, 0.4) is 0 Å². The van der Waals surface area contributed by atoms with E-state index in [-0.39, 0.29) is 0 Å². The van der Waals surface area contributed by atoms with Crippen LogP contribution in [0.1, 0.15) is 32.1 Å². The van der Waals surface area contributed by atoms with Crippen molar-refractivity contribution in [3.05, 3.63) is 10.4 Å². The van der Waals surface area contributed by atoms with Gasteiger partial charge in [-0.25, -0.2) is 8.51 Å². The van der Waals surface area contributed by atoms with Crippen LogP contribution in [0.2, 0.25) is 0 Å². The zero-order valence-corrected chi connectivity index (χ0v) is 9.11. The van der Waals surface area contributed by atoms with E-state index >= 15 is 0 Å². The van der Waals surface area contributed by atoms with Crippen LogP contribution >= 0.6 is 11.6 Å². The average Bonchev–Trinajstić information content (AvgIpc) is 2.47. The van der Waals surface area contributed by atoms with Gasteiger partial charge in [0.2, 0.25) is 0 Å². The van der Waals surface area contributed by atoms with Crippen molar-refractivity contribution in [2.75, 3.05) is 6.54 Å². The van der Waals surface area contributed by atoms with Crippen LogP contribution in [-0.4, -0.2) is 21.1 Å². The van der Waals surface area contributed by atoms with Gasteiger partial charge in [0.15, 0.2) is 0 Å². The van der Waals surface area contributed by atoms with Gasteiger partial charge in [-0.2, -0.15) is 0 Å². The molecule has 1 unspecified atom stereocenters. The van der Waals surface area contributed by atoms with Crippen LogP contribution in [0.4, 0.5) is 0 Å². The fraction of sp³-hybridized carbons (Fsp3) is 0.778. The summed E-state index contributed by atoms with van der Waals surface area (Å²) in [5.74, 6) is 0. The Morgan fingerprint density at radius 1 is 1.38 bits per heavy atom. The van der Waals surface area contributed by atoms with Crippen LogP contribution in [0, 0.1) is 0 Å². The summed E-state index contributed by atoms with van der Waals surface area (Å²) in [5, 5.41) is 2.40. The van der Waals surface area contributed by atoms with E-state index in [0.717, 1.165) is 5.03 Å². The molecule has 4 heteroatoms. The second-order valence-electron chi connectivity index (χ2n) is 3.71. The zero-order valence-electron chi connectivity index (χ0n) is 7.54. The van der Waals surface area contributed by atoms with Crippen LogP contribution in [0.5, 0.6) is 0 Å². The average molecular weight is 220 g/mol. The highest BCUT2D eigenvalue weighted by Crippen LogP contribution is 2.28. The SMILES string of the molecule is O=S1C=C(Cl)CN1C1CCCCC1. The normalized spacial score (nSPS) is 32.1. The monoisotopic (exact) mass is 219 g/mol. The molecule has 0 amide bonds. The summed E-state index contributed by atoms with van der Waals surface area (Å²) < 4.78 is 13.6. The first-order valence-electron chi connectivity index (χ1n) is 4.81. The van der Waals surface area contributed by atoms with E-state index in [1.807, 2.05) is 4.31 Å². The first-order chi connectivity index (χ1) is 6.27. The number of hydrogen-bond acceptors (Lipinski definition) is 1. The molecule has 2 aliphatic rings. The Morgan fingerprint density at radius 3 is 2.62 bits per heavy atom. The van der Waals surface area contributed by atoms with Gasteiger partial charge in [0, 0.05) is 23.0 Å². The molecular weight excluding hydrogens is 206 g/mol. The minimum absolute atomic E-state index is 0.502. The van der Waals surface area contributed by atoms with Crippen molar-refractivity contribution in [1.29, 1.82) is 0 Å². The van der Waals surface area contributed by atoms with E-state index in [4.69, 9.17) is 11.6 Å². The Labute approximate surface area is 86.5 Å². The van der Waals surface area contributed by atoms with Crippen LogP contribution in [0.15, 0.2) is 10.4 Å². The molecule has 0 N–H and O–H groups in total. The van der Waals surface area contributed by atoms with E-state index in [0.29, 0.717) is 12.6 Å². The summed E-state index contributed by atoms with van der Waals surface area (Å²) in [6.45, 7) is 0.693. The van der Waals surface area contributed by atoms with Crippen molar-refractivity contribution in [3.63, 3.8) is 0 Å². The molecule has 0 bridgehead atoms. The van der Waals surface area contributed by atoms with Gasteiger partial charge >= 0.3 is 0 Å². The van der Waals surface area contributed by atoms with E-state index in [1.54, 1.807) is 5.41 Å². The number of nitrogens with zero attached hydrogens (tertiary/aromatic N) is 1. The first-order valence-corrected chi connectivity index (χ1v) is 6.35. The van der Waals surface area contributed by atoms with Gasteiger partial charge in [0.1, 0.15) is 11.0 Å². The summed E-state index contributed by atoms with van der Waals surface area (Å²) in [6, 6.07) is 0.502. The molecule has 1 aliphatic carbocycles. The molecule has 13 heavy (non-hydrogen) atoms. The van der Waals surface area contributed by atoms with Crippen LogP contribution in [0.25, 0.3) is 0 Å². The van der Waals surface area contributed by atoms with E-state index in [9.17, 15) is 4.21 Å². The number of rotatable bonds is 1. The lowest BCUT2D eigenvalue weighted by atomic mass is 9.95. The van der Waals surface area contributed by atoms with Gasteiger partial charge in [0.05, 0.1) is 0 Å². The summed E-state index contributed by atoms with van der Waals surface area (Å²) in [5.41, 5.74) is 0. The predicted molar refractivity (Wildman–Crippen MR) is 55.7 cm³/mol. The second kappa shape index (κ2) is 4.11. The molecule has 2 nitrogen and oxygen atoms in total. The third kappa shape index (κ3) is 2.14. The Balaban J connectivity index is 1.98. The Morgan fingerprint density at radius 2 is 2.08 bits per heavy atom. The quantitative estimate of drug-likeness (QED) is 0.663. The molecule has 0 aromatic heterocycles. The van der Waals surface area contributed by atoms with Crippen molar-refractivity contribution in [3.8, 4) is 0 Å². The summed E-state index contributed by atoms with van der Waals surface area (Å²) in [6.07, 6.45) is 6.25. The smallest absolute Gasteiger partial charge is 0.121 e. The molecule has 1 heterocycles. The Hall–Kier alpha value is 0.140. The maximum absolute atomic E-state index is 11.6. The standard InChI is InChI=1S/C9H14ClNOS/c10-8-6-11(13(12)7-8)9-4-2-1-3-5-9/h7,9H,1-6H2. The summed E-state index contributed by atoms with van der Waals surface area (Å²) >= 11 is 5.85. The lowest BCUT2D eigenvalue weighted by Gasteiger charge is -2.29. The van der Waals surface area contributed by atoms with Crippen LogP contribution < -0.4 is 0 Å². The number of halogens is 1. The highest BCUT2D eigenvalue weighted by Gasteiger charge is 2.28. The van der Waals surface area contributed by atoms with Crippen molar-refractivity contribution in [2.45, 2.75) is 38.1 Å². The largest absolute Gasteiger partial charge is 0.238 e. The minimum atomic E-state index is -0.949. The topological polar surface area (TPSA) is 20.3 Å². The third-order valence-electron chi connectivity index (χ3n) is 2.75. The molecule has 74 valence electrons. The zero-order chi connectivity index (χ0) is 9.26. The molecule has 1 fully saturated rings. The van der Waals surface area contributed by atoms with Crippen molar-refractivity contribution < 1.29 is 4.21 Å². The maximum Gasteiger partial charge on any atom is 0.121 e. The van der Waals surface area contributed by atoms with Crippen molar-refractivity contribution in [2.24, 2.45) is 0 Å². The second-order valence-corrected chi connectivity index (χ2v) is 5.45. The molecule has 1 saturated carbocycles. The molecular formula is C9H14ClNOS. The molecule has 0 spiro atoms. The summed E-state index contributed by atoms with van der Waals surface area (Å²) in [7, 11) is -0.949. The van der Waals surface area contributed by atoms with Crippen molar-refractivity contribution in [1.82, 2.24) is 4.31 Å². The van der Waals surface area contributed by atoms with E-state index in [2.05, 4.69) is 0 Å². The third-order valence-corrected chi connectivity index (χ3v) is 4.48. The lowest BCUT2D eigenvalue weighted by Crippen LogP contribution is -2.35. The highest BCUT2D eigenvalue weighted by atomic mass is 35.5. The van der Waals surface area contributed by atoms with Gasteiger partial charge in [-0.1, -0.05) is 30.9 Å². The van der Waals surface area contributed by atoms with Crippen LogP contribution in [-0.2, 0) is 11.0 Å². The predicted octanol–water partition coefficient (Wildman–Crippen LogP) is 2.38. The lowest BCUT2D eigenvalue weighted by molar-refractivity contribution is 0.283. The molecule has 1 aliphatic heterocycles. The maximum atomic E-state index is 11.6. The minimum Gasteiger partial charge on any atom is -0.238 e. The van der Waals surface area contributed by atoms with Gasteiger partial charge in [-0.15, -0.1) is 0 Å². The molecule has 0 saturated heterocycles. The molecule has 1 atom stereocenters. The fourth-order valence-corrected chi connectivity index (χ4v) is 3.70. The van der Waals surface area contributed by atoms with Crippen molar-refractivity contribution >= 4 is 22.6 Å². The molecule has 0 aromatic rings. The Bertz CT molecular complexity index is 248. The number of hydrogen-bond donors (Lipinski definition) is 0. The van der Waals surface area contributed by atoms with Gasteiger partial charge in [-0.3, -0.25) is 0 Å². The fourth-order valence-electron chi connectivity index (χ4n) is 2.07. The highest BCUT2D eigenvalue weighted by molar-refractivity contribution is 7.86. The molecule has 0 radical (unpaired) electrons. The molecule has 2 rings (SSSR count). The van der Waals surface area contributed by atoms with E-state index < -0.39 is 11.0 Å². The van der Waals surface area contributed by atoms with Gasteiger partial charge in [-0.05, 0) is 12.8 Å². The van der Waals surface area contributed by atoms with E-state index in [1.165, 1.54) is 32.1 Å². The molecule has 0 aromatic carbocycles. The van der Waals surface area contributed by atoms with Gasteiger partial charge < -0.3 is 0 Å². The summed E-state index contributed by atoms with van der Waals surface area (Å²) in [4.78, 5) is 0. The first kappa shape index (κ1) is 9.69.